The number of nitrogen functional groups attached to an aromatic ring is 1. The minimum atomic E-state index is 0.432. The van der Waals surface area contributed by atoms with Crippen molar-refractivity contribution >= 4 is 11.5 Å². The van der Waals surface area contributed by atoms with E-state index < -0.39 is 0 Å². The summed E-state index contributed by atoms with van der Waals surface area (Å²) in [6, 6.07) is 0. The van der Waals surface area contributed by atoms with Gasteiger partial charge in [-0.15, -0.1) is 0 Å². The maximum absolute atomic E-state index is 5.85. The molecule has 0 aliphatic carbocycles. The van der Waals surface area contributed by atoms with Crippen LogP contribution in [-0.2, 0) is 0 Å². The SMILES string of the molecule is CCN(CC)c1ncnc(OC)c1N. The Morgan fingerprint density at radius 1 is 1.36 bits per heavy atom. The first kappa shape index (κ1) is 10.6. The number of rotatable bonds is 4. The van der Waals surface area contributed by atoms with Crippen molar-refractivity contribution < 1.29 is 4.74 Å². The zero-order valence-electron chi connectivity index (χ0n) is 8.82. The Morgan fingerprint density at radius 2 is 2.00 bits per heavy atom. The molecular formula is C9H16N4O. The maximum Gasteiger partial charge on any atom is 0.242 e. The molecular weight excluding hydrogens is 180 g/mol. The summed E-state index contributed by atoms with van der Waals surface area (Å²) in [7, 11) is 1.55. The van der Waals surface area contributed by atoms with Gasteiger partial charge in [0, 0.05) is 13.1 Å². The third-order valence-electron chi connectivity index (χ3n) is 2.08. The lowest BCUT2D eigenvalue weighted by atomic mass is 10.4. The summed E-state index contributed by atoms with van der Waals surface area (Å²) in [6.45, 7) is 5.83. The molecule has 0 aromatic carbocycles. The van der Waals surface area contributed by atoms with Crippen molar-refractivity contribution in [3.8, 4) is 5.88 Å². The van der Waals surface area contributed by atoms with E-state index in [0.717, 1.165) is 18.9 Å². The van der Waals surface area contributed by atoms with Gasteiger partial charge in [0.15, 0.2) is 5.82 Å². The molecule has 0 radical (unpaired) electrons. The summed E-state index contributed by atoms with van der Waals surface area (Å²) >= 11 is 0. The minimum Gasteiger partial charge on any atom is -0.479 e. The Morgan fingerprint density at radius 3 is 2.50 bits per heavy atom. The van der Waals surface area contributed by atoms with Gasteiger partial charge in [0.05, 0.1) is 7.11 Å². The molecule has 0 atom stereocenters. The summed E-state index contributed by atoms with van der Waals surface area (Å²) in [5.41, 5.74) is 6.35. The fourth-order valence-corrected chi connectivity index (χ4v) is 1.31. The van der Waals surface area contributed by atoms with Crippen LogP contribution < -0.4 is 15.4 Å². The Hall–Kier alpha value is -1.52. The van der Waals surface area contributed by atoms with E-state index in [1.807, 2.05) is 0 Å². The van der Waals surface area contributed by atoms with Crippen LogP contribution in [0.1, 0.15) is 13.8 Å². The van der Waals surface area contributed by atoms with Crippen LogP contribution in [0, 0.1) is 0 Å². The van der Waals surface area contributed by atoms with E-state index in [0.29, 0.717) is 11.6 Å². The molecule has 0 saturated heterocycles. The van der Waals surface area contributed by atoms with Gasteiger partial charge in [0.2, 0.25) is 5.88 Å². The smallest absolute Gasteiger partial charge is 0.242 e. The fourth-order valence-electron chi connectivity index (χ4n) is 1.31. The van der Waals surface area contributed by atoms with Crippen molar-refractivity contribution in [2.45, 2.75) is 13.8 Å². The van der Waals surface area contributed by atoms with E-state index in [-0.39, 0.29) is 0 Å². The predicted octanol–water partition coefficient (Wildman–Crippen LogP) is 0.914. The van der Waals surface area contributed by atoms with Gasteiger partial charge in [0.25, 0.3) is 0 Å². The molecule has 0 spiro atoms. The number of hydrogen-bond donors (Lipinski definition) is 1. The lowest BCUT2D eigenvalue weighted by molar-refractivity contribution is 0.399. The number of nitrogens with zero attached hydrogens (tertiary/aromatic N) is 3. The van der Waals surface area contributed by atoms with E-state index in [1.54, 1.807) is 7.11 Å². The molecule has 14 heavy (non-hydrogen) atoms. The van der Waals surface area contributed by atoms with Crippen molar-refractivity contribution in [1.82, 2.24) is 9.97 Å². The Bertz CT molecular complexity index is 299. The van der Waals surface area contributed by atoms with Crippen LogP contribution in [0.4, 0.5) is 11.5 Å². The van der Waals surface area contributed by atoms with Gasteiger partial charge in [-0.25, -0.2) is 4.98 Å². The third kappa shape index (κ3) is 1.86. The second-order valence-corrected chi connectivity index (χ2v) is 2.79. The molecule has 1 aromatic heterocycles. The summed E-state index contributed by atoms with van der Waals surface area (Å²) in [4.78, 5) is 10.1. The highest BCUT2D eigenvalue weighted by Gasteiger charge is 2.12. The van der Waals surface area contributed by atoms with E-state index in [9.17, 15) is 0 Å². The first-order valence-electron chi connectivity index (χ1n) is 4.63. The number of hydrogen-bond acceptors (Lipinski definition) is 5. The molecule has 0 amide bonds. The van der Waals surface area contributed by atoms with Crippen molar-refractivity contribution in [3.63, 3.8) is 0 Å². The van der Waals surface area contributed by atoms with Gasteiger partial charge in [-0.1, -0.05) is 0 Å². The van der Waals surface area contributed by atoms with Crippen LogP contribution in [0.5, 0.6) is 5.88 Å². The molecule has 5 nitrogen and oxygen atoms in total. The van der Waals surface area contributed by atoms with Crippen LogP contribution in [0.25, 0.3) is 0 Å². The summed E-state index contributed by atoms with van der Waals surface area (Å²) in [5.74, 6) is 1.17. The Balaban J connectivity index is 3.07. The molecule has 0 aliphatic heterocycles. The lowest BCUT2D eigenvalue weighted by Gasteiger charge is -2.21. The number of nitrogens with two attached hydrogens (primary N) is 1. The predicted molar refractivity (Wildman–Crippen MR) is 56.6 cm³/mol. The molecule has 1 aromatic rings. The highest BCUT2D eigenvalue weighted by molar-refractivity contribution is 5.67. The molecule has 1 rings (SSSR count). The standard InChI is InChI=1S/C9H16N4O/c1-4-13(5-2)8-7(10)9(14-3)12-6-11-8/h6H,4-5,10H2,1-3H3. The zero-order valence-corrected chi connectivity index (χ0v) is 8.82. The van der Waals surface area contributed by atoms with Crippen LogP contribution in [-0.4, -0.2) is 30.2 Å². The monoisotopic (exact) mass is 196 g/mol. The highest BCUT2D eigenvalue weighted by Crippen LogP contribution is 2.26. The van der Waals surface area contributed by atoms with Gasteiger partial charge in [-0.05, 0) is 13.8 Å². The number of ether oxygens (including phenoxy) is 1. The summed E-state index contributed by atoms with van der Waals surface area (Å²) in [6.07, 6.45) is 1.46. The molecule has 1 heterocycles. The van der Waals surface area contributed by atoms with E-state index in [2.05, 4.69) is 28.7 Å². The highest BCUT2D eigenvalue weighted by atomic mass is 16.5. The Labute approximate surface area is 83.9 Å². The topological polar surface area (TPSA) is 64.3 Å². The average Bonchev–Trinajstić information content (AvgIpc) is 2.22. The van der Waals surface area contributed by atoms with Gasteiger partial charge in [-0.3, -0.25) is 0 Å². The van der Waals surface area contributed by atoms with Gasteiger partial charge in [0.1, 0.15) is 12.0 Å². The molecule has 5 heteroatoms. The molecule has 0 saturated carbocycles. The average molecular weight is 196 g/mol. The second-order valence-electron chi connectivity index (χ2n) is 2.79. The molecule has 0 fully saturated rings. The number of anilines is 2. The second kappa shape index (κ2) is 4.64. The molecule has 0 aliphatic rings. The quantitative estimate of drug-likeness (QED) is 0.775. The molecule has 78 valence electrons. The largest absolute Gasteiger partial charge is 0.479 e. The molecule has 0 unspecified atom stereocenters. The number of methoxy groups -OCH3 is 1. The van der Waals surface area contributed by atoms with Crippen molar-refractivity contribution in [3.05, 3.63) is 6.33 Å². The van der Waals surface area contributed by atoms with Crippen molar-refractivity contribution in [2.75, 3.05) is 30.8 Å². The van der Waals surface area contributed by atoms with Crippen LogP contribution in [0.3, 0.4) is 0 Å². The van der Waals surface area contributed by atoms with Crippen molar-refractivity contribution in [2.24, 2.45) is 0 Å². The minimum absolute atomic E-state index is 0.432. The maximum atomic E-state index is 5.85. The first-order valence-corrected chi connectivity index (χ1v) is 4.63. The molecule has 2 N–H and O–H groups in total. The normalized spacial score (nSPS) is 9.93. The van der Waals surface area contributed by atoms with Crippen LogP contribution in [0.15, 0.2) is 6.33 Å². The van der Waals surface area contributed by atoms with E-state index >= 15 is 0 Å². The van der Waals surface area contributed by atoms with Gasteiger partial charge >= 0.3 is 0 Å². The summed E-state index contributed by atoms with van der Waals surface area (Å²) in [5, 5.41) is 0. The lowest BCUT2D eigenvalue weighted by Crippen LogP contribution is -2.24. The third-order valence-corrected chi connectivity index (χ3v) is 2.08. The van der Waals surface area contributed by atoms with E-state index in [1.165, 1.54) is 6.33 Å². The van der Waals surface area contributed by atoms with E-state index in [4.69, 9.17) is 10.5 Å². The first-order chi connectivity index (χ1) is 6.74. The van der Waals surface area contributed by atoms with Crippen LogP contribution >= 0.6 is 0 Å². The summed E-state index contributed by atoms with van der Waals surface area (Å²) < 4.78 is 5.02. The van der Waals surface area contributed by atoms with Crippen molar-refractivity contribution in [1.29, 1.82) is 0 Å². The van der Waals surface area contributed by atoms with Gasteiger partial charge in [-0.2, -0.15) is 4.98 Å². The fraction of sp³-hybridized carbons (Fsp3) is 0.556. The molecule has 0 bridgehead atoms. The van der Waals surface area contributed by atoms with Gasteiger partial charge < -0.3 is 15.4 Å². The van der Waals surface area contributed by atoms with Crippen LogP contribution in [0.2, 0.25) is 0 Å². The number of aromatic nitrogens is 2. The zero-order chi connectivity index (χ0) is 10.6. The Kier molecular flexibility index (Phi) is 3.50.